The van der Waals surface area contributed by atoms with Crippen LogP contribution >= 0.6 is 0 Å². The van der Waals surface area contributed by atoms with Crippen molar-refractivity contribution in [2.75, 3.05) is 26.2 Å². The van der Waals surface area contributed by atoms with Crippen LogP contribution in [0.2, 0.25) is 0 Å². The Kier molecular flexibility index (Phi) is 5.64. The minimum Gasteiger partial charge on any atom is -0.316 e. The van der Waals surface area contributed by atoms with E-state index in [4.69, 9.17) is 0 Å². The first-order chi connectivity index (χ1) is 10.1. The minimum absolute atomic E-state index is 0.460. The monoisotopic (exact) mass is 295 g/mol. The number of nitrogens with one attached hydrogen (secondary N) is 1. The molecule has 116 valence electrons. The Hall–Kier alpha value is -1.53. The van der Waals surface area contributed by atoms with Crippen molar-refractivity contribution in [3.8, 4) is 0 Å². The van der Waals surface area contributed by atoms with Gasteiger partial charge in [0, 0.05) is 19.2 Å². The van der Waals surface area contributed by atoms with Crippen LogP contribution in [-0.2, 0) is 6.54 Å². The van der Waals surface area contributed by atoms with Gasteiger partial charge in [0.1, 0.15) is 0 Å². The summed E-state index contributed by atoms with van der Waals surface area (Å²) in [6.45, 7) is 6.69. The highest BCUT2D eigenvalue weighted by molar-refractivity contribution is 5.34. The zero-order valence-corrected chi connectivity index (χ0v) is 12.3. The maximum absolute atomic E-state index is 13.6. The molecule has 1 heterocycles. The van der Waals surface area contributed by atoms with Crippen molar-refractivity contribution in [2.45, 2.75) is 26.3 Å². The Morgan fingerprint density at radius 1 is 1.52 bits per heavy atom. The molecule has 1 unspecified atom stereocenters. The molecule has 1 aliphatic rings. The molecular formula is C15H22FN3O2. The Bertz CT molecular complexity index is 490. The number of hydrogen-bond acceptors (Lipinski definition) is 4. The first-order valence-electron chi connectivity index (χ1n) is 7.46. The van der Waals surface area contributed by atoms with E-state index in [1.54, 1.807) is 6.07 Å². The summed E-state index contributed by atoms with van der Waals surface area (Å²) in [6, 6.07) is 4.17. The number of nitrogens with zero attached hydrogens (tertiary/aromatic N) is 2. The molecule has 1 aromatic rings. The molecule has 5 nitrogen and oxygen atoms in total. The van der Waals surface area contributed by atoms with Crippen LogP contribution in [0.1, 0.15) is 25.3 Å². The lowest BCUT2D eigenvalue weighted by molar-refractivity contribution is -0.387. The number of halogens is 1. The molecule has 0 spiro atoms. The van der Waals surface area contributed by atoms with E-state index in [2.05, 4.69) is 17.1 Å². The number of hydrogen-bond donors (Lipinski definition) is 1. The molecule has 1 saturated heterocycles. The molecule has 1 N–H and O–H groups in total. The summed E-state index contributed by atoms with van der Waals surface area (Å²) in [5, 5.41) is 14.0. The van der Waals surface area contributed by atoms with Crippen molar-refractivity contribution in [1.82, 2.24) is 10.2 Å². The second-order valence-corrected chi connectivity index (χ2v) is 5.58. The van der Waals surface area contributed by atoms with Gasteiger partial charge < -0.3 is 5.32 Å². The second kappa shape index (κ2) is 7.47. The van der Waals surface area contributed by atoms with Crippen molar-refractivity contribution >= 4 is 5.69 Å². The maximum atomic E-state index is 13.6. The first kappa shape index (κ1) is 15.9. The van der Waals surface area contributed by atoms with E-state index in [9.17, 15) is 14.5 Å². The smallest absolute Gasteiger partial charge is 0.304 e. The molecular weight excluding hydrogens is 273 g/mol. The van der Waals surface area contributed by atoms with Crippen molar-refractivity contribution in [3.05, 3.63) is 39.7 Å². The summed E-state index contributed by atoms with van der Waals surface area (Å²) in [5.74, 6) is -0.130. The fourth-order valence-electron chi connectivity index (χ4n) is 2.81. The SMILES string of the molecule is CCN(Cc1ccc([N+](=O)[O-])c(F)c1)CC1CCCNC1. The van der Waals surface area contributed by atoms with Gasteiger partial charge >= 0.3 is 5.69 Å². The third-order valence-corrected chi connectivity index (χ3v) is 3.98. The topological polar surface area (TPSA) is 58.4 Å². The Morgan fingerprint density at radius 3 is 2.90 bits per heavy atom. The van der Waals surface area contributed by atoms with Gasteiger partial charge in [-0.05, 0) is 50.0 Å². The van der Waals surface area contributed by atoms with Crippen LogP contribution in [-0.4, -0.2) is 36.0 Å². The van der Waals surface area contributed by atoms with E-state index in [0.29, 0.717) is 12.5 Å². The quantitative estimate of drug-likeness (QED) is 0.647. The second-order valence-electron chi connectivity index (χ2n) is 5.58. The van der Waals surface area contributed by atoms with Crippen LogP contribution in [0.5, 0.6) is 0 Å². The Labute approximate surface area is 124 Å². The van der Waals surface area contributed by atoms with Gasteiger partial charge in [0.25, 0.3) is 0 Å². The van der Waals surface area contributed by atoms with Gasteiger partial charge in [-0.25, -0.2) is 0 Å². The van der Waals surface area contributed by atoms with Crippen molar-refractivity contribution in [3.63, 3.8) is 0 Å². The molecule has 1 aromatic carbocycles. The lowest BCUT2D eigenvalue weighted by atomic mass is 9.99. The van der Waals surface area contributed by atoms with Gasteiger partial charge in [-0.1, -0.05) is 13.0 Å². The molecule has 0 aliphatic carbocycles. The van der Waals surface area contributed by atoms with E-state index in [1.807, 2.05) is 0 Å². The lowest BCUT2D eigenvalue weighted by Crippen LogP contribution is -2.38. The van der Waals surface area contributed by atoms with Crippen LogP contribution in [0.15, 0.2) is 18.2 Å². The van der Waals surface area contributed by atoms with E-state index in [0.717, 1.165) is 31.7 Å². The summed E-state index contributed by atoms with van der Waals surface area (Å²) in [7, 11) is 0. The number of piperidine rings is 1. The van der Waals surface area contributed by atoms with Gasteiger partial charge in [-0.2, -0.15) is 4.39 Å². The maximum Gasteiger partial charge on any atom is 0.304 e. The average molecular weight is 295 g/mol. The molecule has 1 aliphatic heterocycles. The largest absolute Gasteiger partial charge is 0.316 e. The van der Waals surface area contributed by atoms with Gasteiger partial charge in [0.05, 0.1) is 4.92 Å². The Morgan fingerprint density at radius 2 is 2.33 bits per heavy atom. The number of benzene rings is 1. The van der Waals surface area contributed by atoms with Gasteiger partial charge in [-0.15, -0.1) is 0 Å². The lowest BCUT2D eigenvalue weighted by Gasteiger charge is -2.29. The molecule has 1 atom stereocenters. The molecule has 1 fully saturated rings. The molecule has 0 radical (unpaired) electrons. The normalized spacial score (nSPS) is 18.9. The van der Waals surface area contributed by atoms with Crippen molar-refractivity contribution in [2.24, 2.45) is 5.92 Å². The summed E-state index contributed by atoms with van der Waals surface area (Å²) >= 11 is 0. The predicted molar refractivity (Wildman–Crippen MR) is 79.6 cm³/mol. The zero-order valence-electron chi connectivity index (χ0n) is 12.3. The van der Waals surface area contributed by atoms with Gasteiger partial charge in [0.2, 0.25) is 5.82 Å². The minimum atomic E-state index is -0.757. The fourth-order valence-corrected chi connectivity index (χ4v) is 2.81. The van der Waals surface area contributed by atoms with E-state index in [1.165, 1.54) is 25.0 Å². The molecule has 21 heavy (non-hydrogen) atoms. The van der Waals surface area contributed by atoms with Gasteiger partial charge in [-0.3, -0.25) is 15.0 Å². The van der Waals surface area contributed by atoms with Gasteiger partial charge in [0.15, 0.2) is 0 Å². The molecule has 6 heteroatoms. The Balaban J connectivity index is 1.97. The molecule has 2 rings (SSSR count). The number of rotatable bonds is 6. The number of nitro groups is 1. The zero-order chi connectivity index (χ0) is 15.2. The average Bonchev–Trinajstić information content (AvgIpc) is 2.47. The van der Waals surface area contributed by atoms with Crippen LogP contribution < -0.4 is 5.32 Å². The first-order valence-corrected chi connectivity index (χ1v) is 7.46. The summed E-state index contributed by atoms with van der Waals surface area (Å²) in [4.78, 5) is 12.2. The summed E-state index contributed by atoms with van der Waals surface area (Å²) in [6.07, 6.45) is 2.42. The highest BCUT2D eigenvalue weighted by atomic mass is 19.1. The number of nitro benzene ring substituents is 1. The van der Waals surface area contributed by atoms with E-state index < -0.39 is 16.4 Å². The van der Waals surface area contributed by atoms with Crippen LogP contribution in [0, 0.1) is 21.8 Å². The van der Waals surface area contributed by atoms with E-state index >= 15 is 0 Å². The summed E-state index contributed by atoms with van der Waals surface area (Å²) < 4.78 is 13.6. The van der Waals surface area contributed by atoms with Crippen LogP contribution in [0.25, 0.3) is 0 Å². The van der Waals surface area contributed by atoms with E-state index in [-0.39, 0.29) is 0 Å². The van der Waals surface area contributed by atoms with Crippen molar-refractivity contribution < 1.29 is 9.31 Å². The van der Waals surface area contributed by atoms with Crippen LogP contribution in [0.4, 0.5) is 10.1 Å². The highest BCUT2D eigenvalue weighted by Crippen LogP contribution is 2.20. The third kappa shape index (κ3) is 4.47. The fraction of sp³-hybridized carbons (Fsp3) is 0.600. The van der Waals surface area contributed by atoms with Crippen molar-refractivity contribution in [1.29, 1.82) is 0 Å². The molecule has 0 amide bonds. The standard InChI is InChI=1S/C15H22FN3O2/c1-2-18(11-13-4-3-7-17-9-13)10-12-5-6-15(19(20)21)14(16)8-12/h5-6,8,13,17H,2-4,7,9-11H2,1H3. The molecule has 0 saturated carbocycles. The summed E-state index contributed by atoms with van der Waals surface area (Å²) in [5.41, 5.74) is 0.321. The highest BCUT2D eigenvalue weighted by Gasteiger charge is 2.18. The third-order valence-electron chi connectivity index (χ3n) is 3.98. The molecule has 0 aromatic heterocycles. The predicted octanol–water partition coefficient (Wildman–Crippen LogP) is 2.56. The molecule has 0 bridgehead atoms. The van der Waals surface area contributed by atoms with Crippen LogP contribution in [0.3, 0.4) is 0 Å².